The van der Waals surface area contributed by atoms with E-state index in [2.05, 4.69) is 22.8 Å². The molecule has 2 aliphatic heterocycles. The van der Waals surface area contributed by atoms with Gasteiger partial charge in [0.1, 0.15) is 6.04 Å². The molecule has 0 aromatic heterocycles. The highest BCUT2D eigenvalue weighted by Gasteiger charge is 2.36. The minimum absolute atomic E-state index is 0.0632. The van der Waals surface area contributed by atoms with E-state index in [1.807, 2.05) is 11.9 Å². The van der Waals surface area contributed by atoms with Gasteiger partial charge in [-0.1, -0.05) is 37.9 Å². The van der Waals surface area contributed by atoms with Crippen molar-refractivity contribution in [1.82, 2.24) is 15.6 Å². The van der Waals surface area contributed by atoms with E-state index in [9.17, 15) is 14.4 Å². The van der Waals surface area contributed by atoms with Crippen LogP contribution in [0.25, 0.3) is 0 Å². The van der Waals surface area contributed by atoms with E-state index in [4.69, 9.17) is 4.74 Å². The lowest BCUT2D eigenvalue weighted by Crippen LogP contribution is -2.53. The Kier molecular flexibility index (Phi) is 8.56. The Morgan fingerprint density at radius 3 is 2.50 bits per heavy atom. The molecular formula is C21H34N4O4S. The van der Waals surface area contributed by atoms with E-state index in [1.165, 1.54) is 0 Å². The number of Topliss-reactive ketones (excluding diaryl/α,β-unsaturated/α-hetero) is 1. The Hall–Kier alpha value is -1.61. The van der Waals surface area contributed by atoms with Gasteiger partial charge in [0.05, 0.1) is 0 Å². The molecule has 3 rings (SSSR count). The van der Waals surface area contributed by atoms with Crippen LogP contribution in [-0.4, -0.2) is 65.8 Å². The van der Waals surface area contributed by atoms with Crippen molar-refractivity contribution in [3.63, 3.8) is 0 Å². The molecule has 2 saturated heterocycles. The second-order valence-corrected chi connectivity index (χ2v) is 9.44. The topological polar surface area (TPSA) is 100 Å². The summed E-state index contributed by atoms with van der Waals surface area (Å²) in [5, 5.41) is 7.79. The predicted octanol–water partition coefficient (Wildman–Crippen LogP) is 1.89. The van der Waals surface area contributed by atoms with Gasteiger partial charge in [0, 0.05) is 38.0 Å². The van der Waals surface area contributed by atoms with Crippen LogP contribution in [0.1, 0.15) is 58.3 Å². The molecule has 0 radical (unpaired) electrons. The number of ether oxygens (including phenoxy) is 1. The second-order valence-electron chi connectivity index (χ2n) is 8.45. The second kappa shape index (κ2) is 11.1. The number of nitrogens with zero attached hydrogens (tertiary/aromatic N) is 2. The van der Waals surface area contributed by atoms with Crippen molar-refractivity contribution in [1.29, 1.82) is 0 Å². The number of carbonyl (C=O) groups excluding carboxylic acids is 3. The van der Waals surface area contributed by atoms with E-state index in [0.717, 1.165) is 44.3 Å². The normalized spacial score (nSPS) is 25.9. The van der Waals surface area contributed by atoms with Gasteiger partial charge in [-0.2, -0.15) is 0 Å². The number of hydrogen-bond acceptors (Lipinski definition) is 6. The number of ketones is 1. The van der Waals surface area contributed by atoms with Gasteiger partial charge >= 0.3 is 5.91 Å². The van der Waals surface area contributed by atoms with E-state index in [-0.39, 0.29) is 17.7 Å². The van der Waals surface area contributed by atoms with E-state index >= 15 is 0 Å². The van der Waals surface area contributed by atoms with Crippen LogP contribution in [-0.2, 0) is 19.1 Å². The largest absolute Gasteiger partial charge is 0.381 e. The van der Waals surface area contributed by atoms with Crippen molar-refractivity contribution in [2.24, 2.45) is 16.9 Å². The number of amides is 2. The average molecular weight is 439 g/mol. The number of amidine groups is 1. The molecule has 0 bridgehead atoms. The monoisotopic (exact) mass is 438 g/mol. The van der Waals surface area contributed by atoms with Gasteiger partial charge in [-0.3, -0.25) is 14.4 Å². The Bertz CT molecular complexity index is 659. The first kappa shape index (κ1) is 23.1. The van der Waals surface area contributed by atoms with Crippen LogP contribution >= 0.6 is 11.8 Å². The molecule has 3 aliphatic rings. The zero-order chi connectivity index (χ0) is 21.5. The fraction of sp³-hybridized carbons (Fsp3) is 0.810. The molecule has 2 heterocycles. The smallest absolute Gasteiger partial charge is 0.309 e. The van der Waals surface area contributed by atoms with Gasteiger partial charge in [0.15, 0.2) is 5.17 Å². The van der Waals surface area contributed by atoms with E-state index < -0.39 is 17.7 Å². The van der Waals surface area contributed by atoms with Crippen molar-refractivity contribution < 1.29 is 19.1 Å². The molecule has 1 unspecified atom stereocenters. The third-order valence-electron chi connectivity index (χ3n) is 6.50. The van der Waals surface area contributed by atoms with E-state index in [0.29, 0.717) is 37.3 Å². The van der Waals surface area contributed by atoms with Crippen molar-refractivity contribution >= 4 is 34.5 Å². The minimum atomic E-state index is -0.819. The third-order valence-corrected chi connectivity index (χ3v) is 7.68. The number of hydrogen-bond donors (Lipinski definition) is 2. The Morgan fingerprint density at radius 2 is 1.87 bits per heavy atom. The maximum Gasteiger partial charge on any atom is 0.309 e. The van der Waals surface area contributed by atoms with Crippen LogP contribution in [0.3, 0.4) is 0 Å². The summed E-state index contributed by atoms with van der Waals surface area (Å²) in [6.45, 7) is 3.19. The first-order valence-corrected chi connectivity index (χ1v) is 12.2. The lowest BCUT2D eigenvalue weighted by Gasteiger charge is -2.31. The highest BCUT2D eigenvalue weighted by Crippen LogP contribution is 2.26. The number of thioether (sulfide) groups is 1. The van der Waals surface area contributed by atoms with Crippen LogP contribution in [0.15, 0.2) is 5.10 Å². The molecule has 168 valence electrons. The van der Waals surface area contributed by atoms with Crippen molar-refractivity contribution in [2.75, 3.05) is 26.0 Å². The first-order chi connectivity index (χ1) is 14.5. The predicted molar refractivity (Wildman–Crippen MR) is 117 cm³/mol. The van der Waals surface area contributed by atoms with Crippen molar-refractivity contribution in [2.45, 2.75) is 70.4 Å². The van der Waals surface area contributed by atoms with Crippen LogP contribution in [0.2, 0.25) is 0 Å². The maximum absolute atomic E-state index is 13.0. The lowest BCUT2D eigenvalue weighted by atomic mass is 9.85. The number of hydrazone groups is 1. The number of carbonyl (C=O) groups is 3. The Balaban J connectivity index is 1.64. The van der Waals surface area contributed by atoms with E-state index in [1.54, 1.807) is 11.8 Å². The fourth-order valence-corrected chi connectivity index (χ4v) is 5.68. The SMILES string of the molecule is CC[C@@H]1CS/C(=N\NC(=O)C(=O)C(NC(=O)C2CCCCC2)C2CCOCC2)N1C. The van der Waals surface area contributed by atoms with Crippen molar-refractivity contribution in [3.05, 3.63) is 0 Å². The molecular weight excluding hydrogens is 404 g/mol. The van der Waals surface area contributed by atoms with Gasteiger partial charge in [-0.15, -0.1) is 5.10 Å². The molecule has 9 heteroatoms. The highest BCUT2D eigenvalue weighted by molar-refractivity contribution is 8.14. The Morgan fingerprint density at radius 1 is 1.17 bits per heavy atom. The zero-order valence-electron chi connectivity index (χ0n) is 18.0. The van der Waals surface area contributed by atoms with Crippen LogP contribution < -0.4 is 10.7 Å². The molecule has 1 saturated carbocycles. The lowest BCUT2D eigenvalue weighted by molar-refractivity contribution is -0.142. The molecule has 3 fully saturated rings. The summed E-state index contributed by atoms with van der Waals surface area (Å²) in [6.07, 6.45) is 7.23. The van der Waals surface area contributed by atoms with Crippen LogP contribution in [0.5, 0.6) is 0 Å². The minimum Gasteiger partial charge on any atom is -0.381 e. The molecule has 2 N–H and O–H groups in total. The summed E-state index contributed by atoms with van der Waals surface area (Å²) in [7, 11) is 1.94. The first-order valence-electron chi connectivity index (χ1n) is 11.2. The summed E-state index contributed by atoms with van der Waals surface area (Å²) in [5.74, 6) is -0.727. The molecule has 30 heavy (non-hydrogen) atoms. The zero-order valence-corrected chi connectivity index (χ0v) is 18.8. The van der Waals surface area contributed by atoms with Crippen molar-refractivity contribution in [3.8, 4) is 0 Å². The molecule has 0 aromatic carbocycles. The molecule has 0 aromatic rings. The standard InChI is InChI=1S/C21H34N4O4S/c1-3-16-13-30-21(25(16)2)24-23-20(28)18(26)17(14-9-11-29-12-10-14)22-19(27)15-7-5-4-6-8-15/h14-17H,3-13H2,1-2H3,(H,22,27)(H,23,28)/b24-21-/t16-,17?/m1/s1. The third kappa shape index (κ3) is 5.75. The fourth-order valence-electron chi connectivity index (χ4n) is 4.42. The summed E-state index contributed by atoms with van der Waals surface area (Å²) >= 11 is 1.57. The number of nitrogens with one attached hydrogen (secondary N) is 2. The molecule has 0 spiro atoms. The molecule has 2 amide bonds. The Labute approximate surface area is 182 Å². The summed E-state index contributed by atoms with van der Waals surface area (Å²) in [4.78, 5) is 40.4. The van der Waals surface area contributed by atoms with Crippen LogP contribution in [0.4, 0.5) is 0 Å². The van der Waals surface area contributed by atoms with Gasteiger partial charge < -0.3 is 15.0 Å². The average Bonchev–Trinajstić information content (AvgIpc) is 3.15. The summed E-state index contributed by atoms with van der Waals surface area (Å²) in [5.41, 5.74) is 2.43. The highest BCUT2D eigenvalue weighted by atomic mass is 32.2. The quantitative estimate of drug-likeness (QED) is 0.465. The van der Waals surface area contributed by atoms with Gasteiger partial charge in [0.25, 0.3) is 0 Å². The summed E-state index contributed by atoms with van der Waals surface area (Å²) < 4.78 is 5.40. The van der Waals surface area contributed by atoms with Gasteiger partial charge in [0.2, 0.25) is 11.7 Å². The molecule has 8 nitrogen and oxygen atoms in total. The van der Waals surface area contributed by atoms with Gasteiger partial charge in [-0.05, 0) is 38.0 Å². The number of rotatable bonds is 7. The van der Waals surface area contributed by atoms with Gasteiger partial charge in [-0.25, -0.2) is 5.43 Å². The summed E-state index contributed by atoms with van der Waals surface area (Å²) in [6, 6.07) is -0.438. The molecule has 1 aliphatic carbocycles. The van der Waals surface area contributed by atoms with Crippen LogP contribution in [0, 0.1) is 11.8 Å². The molecule has 2 atom stereocenters. The maximum atomic E-state index is 13.0.